The normalized spacial score (nSPS) is 11.5. The van der Waals surface area contributed by atoms with Crippen LogP contribution in [0.15, 0.2) is 30.3 Å². The molecule has 0 aliphatic carbocycles. The minimum atomic E-state index is -0.277. The number of hydrogen-bond donors (Lipinski definition) is 2. The molecule has 1 aromatic rings. The van der Waals surface area contributed by atoms with Crippen LogP contribution in [0.25, 0.3) is 0 Å². The molecule has 0 spiro atoms. The molecule has 0 nitrogen and oxygen atoms in total. The van der Waals surface area contributed by atoms with Gasteiger partial charge in [0.1, 0.15) is 0 Å². The summed E-state index contributed by atoms with van der Waals surface area (Å²) in [6.07, 6.45) is 0.920. The molecule has 0 bridgehead atoms. The zero-order valence-electron chi connectivity index (χ0n) is 6.49. The summed E-state index contributed by atoms with van der Waals surface area (Å²) in [6.45, 7) is 2.08. The Morgan fingerprint density at radius 1 is 1.18 bits per heavy atom. The molecule has 1 rings (SSSR count). The predicted molar refractivity (Wildman–Crippen MR) is 56.4 cm³/mol. The van der Waals surface area contributed by atoms with Crippen LogP contribution in [0.1, 0.15) is 18.9 Å². The third-order valence-electron chi connectivity index (χ3n) is 1.73. The van der Waals surface area contributed by atoms with E-state index in [0.29, 0.717) is 0 Å². The maximum Gasteiger partial charge on any atom is 0.0799 e. The molecule has 0 radical (unpaired) electrons. The van der Waals surface area contributed by atoms with Crippen molar-refractivity contribution in [2.75, 3.05) is 0 Å². The summed E-state index contributed by atoms with van der Waals surface area (Å²) < 4.78 is -0.277. The number of rotatable bonds is 2. The Kier molecular flexibility index (Phi) is 2.90. The lowest BCUT2D eigenvalue weighted by atomic mass is 10.1. The topological polar surface area (TPSA) is 0 Å². The summed E-state index contributed by atoms with van der Waals surface area (Å²) in [5, 5.41) is 0. The molecule has 60 valence electrons. The third-order valence-corrected chi connectivity index (χ3v) is 2.88. The van der Waals surface area contributed by atoms with Gasteiger partial charge in [-0.2, -0.15) is 25.3 Å². The number of thiol groups is 2. The molecule has 0 saturated heterocycles. The van der Waals surface area contributed by atoms with Crippen molar-refractivity contribution in [3.63, 3.8) is 0 Å². The van der Waals surface area contributed by atoms with Gasteiger partial charge in [0.25, 0.3) is 0 Å². The fraction of sp³-hybridized carbons (Fsp3) is 0.333. The minimum absolute atomic E-state index is 0.277. The van der Waals surface area contributed by atoms with E-state index in [9.17, 15) is 0 Å². The van der Waals surface area contributed by atoms with Gasteiger partial charge in [-0.3, -0.25) is 0 Å². The lowest BCUT2D eigenvalue weighted by Gasteiger charge is -2.20. The Bertz CT molecular complexity index is 216. The molecule has 1 aromatic carbocycles. The number of hydrogen-bond acceptors (Lipinski definition) is 2. The summed E-state index contributed by atoms with van der Waals surface area (Å²) in [4.78, 5) is 0. The van der Waals surface area contributed by atoms with Crippen LogP contribution in [-0.2, 0) is 4.08 Å². The molecular weight excluding hydrogens is 172 g/mol. The summed E-state index contributed by atoms with van der Waals surface area (Å²) in [5.41, 5.74) is 1.16. The Balaban J connectivity index is 2.93. The van der Waals surface area contributed by atoms with Crippen molar-refractivity contribution in [2.45, 2.75) is 17.4 Å². The van der Waals surface area contributed by atoms with Gasteiger partial charge in [0.05, 0.1) is 4.08 Å². The molecule has 0 N–H and O–H groups in total. The lowest BCUT2D eigenvalue weighted by Crippen LogP contribution is -2.07. The van der Waals surface area contributed by atoms with Crippen molar-refractivity contribution in [2.24, 2.45) is 0 Å². The second-order valence-electron chi connectivity index (χ2n) is 2.54. The average molecular weight is 184 g/mol. The first-order valence-corrected chi connectivity index (χ1v) is 4.56. The second-order valence-corrected chi connectivity index (χ2v) is 4.42. The molecule has 0 heterocycles. The summed E-state index contributed by atoms with van der Waals surface area (Å²) in [7, 11) is 0. The van der Waals surface area contributed by atoms with Gasteiger partial charge in [0.2, 0.25) is 0 Å². The van der Waals surface area contributed by atoms with Crippen LogP contribution in [0.5, 0.6) is 0 Å². The van der Waals surface area contributed by atoms with Gasteiger partial charge in [-0.15, -0.1) is 0 Å². The molecule has 0 fully saturated rings. The molecular formula is C9H12S2. The predicted octanol–water partition coefficient (Wildman–Crippen LogP) is 3.11. The van der Waals surface area contributed by atoms with E-state index < -0.39 is 0 Å². The molecule has 11 heavy (non-hydrogen) atoms. The van der Waals surface area contributed by atoms with Gasteiger partial charge in [-0.25, -0.2) is 0 Å². The average Bonchev–Trinajstić information content (AvgIpc) is 2.06. The van der Waals surface area contributed by atoms with Gasteiger partial charge in [0.15, 0.2) is 0 Å². The van der Waals surface area contributed by atoms with Crippen LogP contribution in [-0.4, -0.2) is 0 Å². The van der Waals surface area contributed by atoms with Crippen molar-refractivity contribution in [1.29, 1.82) is 0 Å². The zero-order valence-corrected chi connectivity index (χ0v) is 8.28. The quantitative estimate of drug-likeness (QED) is 0.512. The standard InChI is InChI=1S/C9H12S2/c1-2-9(10,11)8-6-4-3-5-7-8/h3-7,10-11H,2H2,1H3. The van der Waals surface area contributed by atoms with E-state index in [1.54, 1.807) is 0 Å². The number of benzene rings is 1. The Morgan fingerprint density at radius 3 is 2.18 bits per heavy atom. The fourth-order valence-electron chi connectivity index (χ4n) is 0.909. The molecule has 0 aliphatic heterocycles. The zero-order chi connectivity index (χ0) is 8.32. The van der Waals surface area contributed by atoms with Crippen molar-refractivity contribution >= 4 is 25.3 Å². The van der Waals surface area contributed by atoms with Crippen LogP contribution >= 0.6 is 25.3 Å². The maximum absolute atomic E-state index is 4.44. The molecule has 2 heteroatoms. The van der Waals surface area contributed by atoms with Crippen molar-refractivity contribution in [3.05, 3.63) is 35.9 Å². The highest BCUT2D eigenvalue weighted by Crippen LogP contribution is 2.35. The molecule has 0 atom stereocenters. The SMILES string of the molecule is CCC(S)(S)c1ccccc1. The summed E-state index contributed by atoms with van der Waals surface area (Å²) in [5.74, 6) is 0. The van der Waals surface area contributed by atoms with E-state index in [1.807, 2.05) is 30.3 Å². The Labute approximate surface area is 78.8 Å². The molecule has 0 aliphatic rings. The van der Waals surface area contributed by atoms with E-state index in [4.69, 9.17) is 0 Å². The highest BCUT2D eigenvalue weighted by molar-refractivity contribution is 7.99. The van der Waals surface area contributed by atoms with Crippen molar-refractivity contribution in [1.82, 2.24) is 0 Å². The second kappa shape index (κ2) is 3.55. The molecule has 0 unspecified atom stereocenters. The molecule has 0 amide bonds. The van der Waals surface area contributed by atoms with Crippen LogP contribution in [0.2, 0.25) is 0 Å². The van der Waals surface area contributed by atoms with Gasteiger partial charge in [-0.05, 0) is 12.0 Å². The largest absolute Gasteiger partial charge is 0.157 e. The van der Waals surface area contributed by atoms with Crippen molar-refractivity contribution < 1.29 is 0 Å². The third kappa shape index (κ3) is 2.17. The van der Waals surface area contributed by atoms with E-state index in [0.717, 1.165) is 12.0 Å². The van der Waals surface area contributed by atoms with Gasteiger partial charge < -0.3 is 0 Å². The first-order chi connectivity index (χ1) is 5.17. The van der Waals surface area contributed by atoms with Gasteiger partial charge in [-0.1, -0.05) is 37.3 Å². The van der Waals surface area contributed by atoms with Crippen molar-refractivity contribution in [3.8, 4) is 0 Å². The van der Waals surface area contributed by atoms with E-state index >= 15 is 0 Å². The lowest BCUT2D eigenvalue weighted by molar-refractivity contribution is 0.845. The first-order valence-electron chi connectivity index (χ1n) is 3.67. The first kappa shape index (κ1) is 9.01. The van der Waals surface area contributed by atoms with Crippen LogP contribution in [0.3, 0.4) is 0 Å². The smallest absolute Gasteiger partial charge is 0.0799 e. The summed E-state index contributed by atoms with van der Waals surface area (Å²) in [6, 6.07) is 10.1. The highest BCUT2D eigenvalue weighted by atomic mass is 32.2. The van der Waals surface area contributed by atoms with E-state index in [-0.39, 0.29) is 4.08 Å². The monoisotopic (exact) mass is 184 g/mol. The fourth-order valence-corrected chi connectivity index (χ4v) is 1.21. The Hall–Kier alpha value is -0.0800. The van der Waals surface area contributed by atoms with Crippen LogP contribution in [0, 0.1) is 0 Å². The summed E-state index contributed by atoms with van der Waals surface area (Å²) >= 11 is 8.88. The van der Waals surface area contributed by atoms with Crippen LogP contribution < -0.4 is 0 Å². The molecule has 0 aromatic heterocycles. The molecule has 0 saturated carbocycles. The van der Waals surface area contributed by atoms with Crippen LogP contribution in [0.4, 0.5) is 0 Å². The minimum Gasteiger partial charge on any atom is -0.157 e. The highest BCUT2D eigenvalue weighted by Gasteiger charge is 2.19. The maximum atomic E-state index is 4.44. The van der Waals surface area contributed by atoms with Gasteiger partial charge in [0, 0.05) is 0 Å². The van der Waals surface area contributed by atoms with E-state index in [2.05, 4.69) is 32.2 Å². The Morgan fingerprint density at radius 2 is 1.73 bits per heavy atom. The van der Waals surface area contributed by atoms with Gasteiger partial charge >= 0.3 is 0 Å². The van der Waals surface area contributed by atoms with E-state index in [1.165, 1.54) is 0 Å².